The molecule has 0 aromatic heterocycles. The topological polar surface area (TPSA) is 9.23 Å². The molecule has 0 aliphatic carbocycles. The average molecular weight is 208 g/mol. The molecule has 0 atom stereocenters. The van der Waals surface area contributed by atoms with Gasteiger partial charge in [-0.1, -0.05) is 0 Å². The van der Waals surface area contributed by atoms with Gasteiger partial charge in [0.2, 0.25) is 6.86 Å². The Morgan fingerprint density at radius 3 is 1.17 bits per heavy atom. The molecular formula is C3H4F8O. The first-order valence-corrected chi connectivity index (χ1v) is 2.04. The van der Waals surface area contributed by atoms with Gasteiger partial charge in [-0.25, -0.2) is 8.78 Å². The van der Waals surface area contributed by atoms with E-state index in [1.807, 2.05) is 0 Å². The predicted molar refractivity (Wildman–Crippen MR) is 22.4 cm³/mol. The second-order valence-corrected chi connectivity index (χ2v) is 0.967. The van der Waals surface area contributed by atoms with Crippen LogP contribution in [0, 0.1) is 0 Å². The van der Waals surface area contributed by atoms with Crippen molar-refractivity contribution in [2.24, 2.45) is 0 Å². The Morgan fingerprint density at radius 2 is 1.17 bits per heavy atom. The van der Waals surface area contributed by atoms with Crippen molar-refractivity contribution in [1.29, 1.82) is 0 Å². The third-order valence-corrected chi connectivity index (χ3v) is 0.193. The first kappa shape index (κ1) is 17.5. The van der Waals surface area contributed by atoms with Crippen LogP contribution in [0.1, 0.15) is 0 Å². The van der Waals surface area contributed by atoms with Crippen molar-refractivity contribution in [3.8, 4) is 0 Å². The summed E-state index contributed by atoms with van der Waals surface area (Å²) in [5, 5.41) is 0. The van der Waals surface area contributed by atoms with Gasteiger partial charge in [0.25, 0.3) is 0 Å². The molecule has 78 valence electrons. The Balaban J connectivity index is -0.000000118. The smallest absolute Gasteiger partial charge is 0.241 e. The molecule has 0 amide bonds. The molecule has 0 N–H and O–H groups in total. The van der Waals surface area contributed by atoms with E-state index in [-0.39, 0.29) is 0 Å². The second-order valence-electron chi connectivity index (χ2n) is 0.967. The zero-order chi connectivity index (χ0) is 10.6. The molecular weight excluding hydrogens is 204 g/mol. The maximum atomic E-state index is 10.4. The Hall–Kier alpha value is -0.600. The first-order valence-electron chi connectivity index (χ1n) is 2.04. The minimum atomic E-state index is -4.62. The van der Waals surface area contributed by atoms with Crippen LogP contribution in [0.5, 0.6) is 0 Å². The molecule has 0 radical (unpaired) electrons. The molecule has 0 bridgehead atoms. The summed E-state index contributed by atoms with van der Waals surface area (Å²) < 4.78 is 77.6. The molecule has 12 heavy (non-hydrogen) atoms. The fraction of sp³-hybridized carbons (Fsp3) is 1.00. The third-order valence-electron chi connectivity index (χ3n) is 0.193. The average Bonchev–Trinajstić information content (AvgIpc) is 2.07. The van der Waals surface area contributed by atoms with Gasteiger partial charge in [0.05, 0.1) is 0 Å². The lowest BCUT2D eigenvalue weighted by Crippen LogP contribution is -2.08. The van der Waals surface area contributed by atoms with Gasteiger partial charge in [0.1, 0.15) is 0 Å². The van der Waals surface area contributed by atoms with Gasteiger partial charge in [0.15, 0.2) is 6.67 Å². The van der Waals surface area contributed by atoms with Crippen LogP contribution in [-0.2, 0) is 4.94 Å². The highest BCUT2D eigenvalue weighted by Crippen LogP contribution is 2.13. The van der Waals surface area contributed by atoms with Crippen LogP contribution in [0.15, 0.2) is 0 Å². The van der Waals surface area contributed by atoms with Crippen molar-refractivity contribution in [1.82, 2.24) is 0 Å². The zero-order valence-electron chi connectivity index (χ0n) is 5.35. The fourth-order valence-corrected chi connectivity index (χ4v) is 0. The summed E-state index contributed by atoms with van der Waals surface area (Å²) in [7, 11) is 0. The van der Waals surface area contributed by atoms with Gasteiger partial charge in [0, 0.05) is 9.15 Å². The fourth-order valence-electron chi connectivity index (χ4n) is 0. The van der Waals surface area contributed by atoms with Crippen molar-refractivity contribution in [2.75, 3.05) is 13.5 Å². The maximum absolute atomic E-state index is 10.4. The van der Waals surface area contributed by atoms with E-state index in [0.717, 1.165) is 0 Å². The van der Waals surface area contributed by atoms with Gasteiger partial charge in [-0.3, -0.25) is 0 Å². The van der Waals surface area contributed by atoms with E-state index in [9.17, 15) is 26.5 Å². The molecule has 0 heterocycles. The third kappa shape index (κ3) is 57.4. The highest BCUT2D eigenvalue weighted by molar-refractivity contribution is 4.39. The molecule has 0 saturated heterocycles. The number of halogens is 8. The van der Waals surface area contributed by atoms with Gasteiger partial charge in [-0.05, 0) is 4.53 Å². The molecule has 0 aromatic carbocycles. The molecule has 0 saturated carbocycles. The maximum Gasteiger partial charge on any atom is 0.416 e. The Bertz CT molecular complexity index is 59.8. The lowest BCUT2D eigenvalue weighted by molar-refractivity contribution is -0.167. The summed E-state index contributed by atoms with van der Waals surface area (Å²) in [5.41, 5.74) is 0. The predicted octanol–water partition coefficient (Wildman–Crippen LogP) is 3.17. The van der Waals surface area contributed by atoms with Crippen molar-refractivity contribution < 1.29 is 40.6 Å². The summed E-state index contributed by atoms with van der Waals surface area (Å²) in [6.07, 6.45) is -4.62. The standard InChI is InChI=1S/C2H2F4.CH2F2O.F2/c3-1-2(4,5)6;2-1-4-3;1-2/h1H2;1H2;. The highest BCUT2D eigenvalue weighted by Gasteiger charge is 2.26. The molecule has 0 aliphatic rings. The molecule has 1 nitrogen and oxygen atoms in total. The van der Waals surface area contributed by atoms with Crippen molar-refractivity contribution in [3.05, 3.63) is 0 Å². The van der Waals surface area contributed by atoms with Gasteiger partial charge in [-0.15, -0.1) is 0 Å². The van der Waals surface area contributed by atoms with Crippen LogP contribution in [0.3, 0.4) is 0 Å². The second kappa shape index (κ2) is 13.0. The number of hydrogen-bond acceptors (Lipinski definition) is 1. The van der Waals surface area contributed by atoms with Crippen LogP contribution in [-0.4, -0.2) is 19.7 Å². The molecule has 0 unspecified atom stereocenters. The summed E-state index contributed by atoms with van der Waals surface area (Å²) in [6.45, 7) is -3.58. The Labute approximate surface area is 61.7 Å². The van der Waals surface area contributed by atoms with E-state index in [2.05, 4.69) is 4.94 Å². The lowest BCUT2D eigenvalue weighted by atomic mass is 10.8. The van der Waals surface area contributed by atoms with Crippen molar-refractivity contribution in [3.63, 3.8) is 0 Å². The van der Waals surface area contributed by atoms with Gasteiger partial charge >= 0.3 is 6.18 Å². The van der Waals surface area contributed by atoms with Gasteiger partial charge < -0.3 is 0 Å². The number of hydrogen-bond donors (Lipinski definition) is 0. The Kier molecular flexibility index (Phi) is 19.0. The minimum Gasteiger partial charge on any atom is -0.241 e. The largest absolute Gasteiger partial charge is 0.416 e. The number of alkyl halides is 5. The van der Waals surface area contributed by atoms with Crippen LogP contribution in [0.2, 0.25) is 0 Å². The van der Waals surface area contributed by atoms with E-state index < -0.39 is 19.7 Å². The summed E-state index contributed by atoms with van der Waals surface area (Å²) >= 11 is 0. The van der Waals surface area contributed by atoms with Crippen LogP contribution >= 0.6 is 0 Å². The number of rotatable bonds is 1. The highest BCUT2D eigenvalue weighted by atomic mass is 20.0. The van der Waals surface area contributed by atoms with E-state index in [1.54, 1.807) is 0 Å². The zero-order valence-corrected chi connectivity index (χ0v) is 5.35. The molecule has 0 aliphatic heterocycles. The molecule has 0 spiro atoms. The SMILES string of the molecule is FCC(F)(F)F.FCOF.FF. The molecule has 0 fully saturated rings. The van der Waals surface area contributed by atoms with E-state index in [1.165, 1.54) is 0 Å². The van der Waals surface area contributed by atoms with Gasteiger partial charge in [-0.2, -0.15) is 18.1 Å². The van der Waals surface area contributed by atoms with Crippen LogP contribution in [0.4, 0.5) is 35.6 Å². The summed E-state index contributed by atoms with van der Waals surface area (Å²) in [4.78, 5) is 2.38. The lowest BCUT2D eigenvalue weighted by Gasteiger charge is -1.93. The monoisotopic (exact) mass is 208 g/mol. The van der Waals surface area contributed by atoms with E-state index in [0.29, 0.717) is 0 Å². The molecule has 9 heteroatoms. The Morgan fingerprint density at radius 1 is 1.00 bits per heavy atom. The van der Waals surface area contributed by atoms with E-state index in [4.69, 9.17) is 9.15 Å². The quantitative estimate of drug-likeness (QED) is 0.601. The van der Waals surface area contributed by atoms with Crippen LogP contribution in [0.25, 0.3) is 0 Å². The first-order chi connectivity index (χ1) is 5.47. The summed E-state index contributed by atoms with van der Waals surface area (Å²) in [5.74, 6) is 0. The molecule has 0 aromatic rings. The van der Waals surface area contributed by atoms with Crippen molar-refractivity contribution >= 4 is 0 Å². The van der Waals surface area contributed by atoms with Crippen LogP contribution < -0.4 is 0 Å². The normalized spacial score (nSPS) is 9.00. The van der Waals surface area contributed by atoms with Crippen molar-refractivity contribution in [2.45, 2.75) is 6.18 Å². The minimum absolute atomic E-state index is 1.35. The van der Waals surface area contributed by atoms with E-state index >= 15 is 0 Å². The molecule has 0 rings (SSSR count). The summed E-state index contributed by atoms with van der Waals surface area (Å²) in [6, 6.07) is 0.